The van der Waals surface area contributed by atoms with Crippen molar-refractivity contribution >= 4 is 38.2 Å². The second kappa shape index (κ2) is 5.51. The maximum absolute atomic E-state index is 11.6. The van der Waals surface area contributed by atoms with Crippen LogP contribution in [0, 0.1) is 5.41 Å². The van der Waals surface area contributed by atoms with Crippen molar-refractivity contribution in [3.8, 4) is 0 Å². The lowest BCUT2D eigenvalue weighted by molar-refractivity contribution is 0.484. The fourth-order valence-electron chi connectivity index (χ4n) is 2.96. The zero-order valence-corrected chi connectivity index (χ0v) is 13.7. The lowest BCUT2D eigenvalue weighted by atomic mass is 10.1. The number of hydrogen-bond donors (Lipinski definition) is 3. The molecule has 7 heteroatoms. The predicted octanol–water partition coefficient (Wildman–Crippen LogP) is 3.09. The van der Waals surface area contributed by atoms with Crippen LogP contribution in [0.2, 0.25) is 0 Å². The average molecular weight is 351 g/mol. The minimum absolute atomic E-state index is 0.153. The molecule has 0 aliphatic carbocycles. The van der Waals surface area contributed by atoms with Gasteiger partial charge in [0.25, 0.3) is 10.1 Å². The molecule has 3 aromatic rings. The van der Waals surface area contributed by atoms with Gasteiger partial charge in [0.1, 0.15) is 16.6 Å². The van der Waals surface area contributed by atoms with E-state index < -0.39 is 10.1 Å². The van der Waals surface area contributed by atoms with E-state index in [1.54, 1.807) is 30.3 Å². The summed E-state index contributed by atoms with van der Waals surface area (Å²) in [6.45, 7) is 0. The molecule has 1 aliphatic heterocycles. The number of benzene rings is 3. The van der Waals surface area contributed by atoms with Crippen LogP contribution in [0.3, 0.4) is 0 Å². The van der Waals surface area contributed by atoms with E-state index >= 15 is 0 Å². The summed E-state index contributed by atoms with van der Waals surface area (Å²) in [5.41, 5.74) is 2.13. The highest BCUT2D eigenvalue weighted by atomic mass is 32.2. The van der Waals surface area contributed by atoms with Crippen LogP contribution in [-0.4, -0.2) is 24.6 Å². The van der Waals surface area contributed by atoms with Gasteiger partial charge in [-0.2, -0.15) is 8.42 Å². The monoisotopic (exact) mass is 351 g/mol. The van der Waals surface area contributed by atoms with Crippen LogP contribution in [0.25, 0.3) is 10.8 Å². The Morgan fingerprint density at radius 3 is 2.32 bits per heavy atom. The molecule has 0 bridgehead atoms. The molecule has 0 saturated heterocycles. The minimum atomic E-state index is -4.33. The number of aliphatic imine (C=N–C) groups is 1. The maximum atomic E-state index is 11.6. The standard InChI is InChI=1S/C18H13N3O3S/c19-17-13-5-1-2-6-14(13)18(21-17)20-15-9-3-8-12-11(15)7-4-10-16(12)25(22,23)24/h1-10H,(H2,19,20,21)(H,22,23,24). The van der Waals surface area contributed by atoms with Gasteiger partial charge >= 0.3 is 0 Å². The molecule has 3 N–H and O–H groups in total. The van der Waals surface area contributed by atoms with Gasteiger partial charge in [0.05, 0.1) is 5.69 Å². The molecule has 0 unspecified atom stereocenters. The van der Waals surface area contributed by atoms with Gasteiger partial charge < -0.3 is 5.32 Å². The summed E-state index contributed by atoms with van der Waals surface area (Å²) in [4.78, 5) is 4.44. The van der Waals surface area contributed by atoms with Crippen LogP contribution >= 0.6 is 0 Å². The number of fused-ring (bicyclic) bond motifs is 2. The lowest BCUT2D eigenvalue weighted by Crippen LogP contribution is -2.21. The van der Waals surface area contributed by atoms with Crippen molar-refractivity contribution in [2.45, 2.75) is 4.90 Å². The third kappa shape index (κ3) is 2.59. The van der Waals surface area contributed by atoms with Crippen LogP contribution in [-0.2, 0) is 10.1 Å². The molecular weight excluding hydrogens is 338 g/mol. The first-order valence-electron chi connectivity index (χ1n) is 7.48. The Bertz CT molecular complexity index is 1170. The molecule has 124 valence electrons. The molecular formula is C18H13N3O3S. The second-order valence-electron chi connectivity index (χ2n) is 5.61. The Labute approximate surface area is 144 Å². The third-order valence-corrected chi connectivity index (χ3v) is 4.98. The summed E-state index contributed by atoms with van der Waals surface area (Å²) in [6.07, 6.45) is 0. The highest BCUT2D eigenvalue weighted by molar-refractivity contribution is 7.86. The van der Waals surface area contributed by atoms with E-state index in [4.69, 9.17) is 5.41 Å². The van der Waals surface area contributed by atoms with Gasteiger partial charge in [-0.3, -0.25) is 9.96 Å². The van der Waals surface area contributed by atoms with Crippen LogP contribution in [0.15, 0.2) is 70.6 Å². The van der Waals surface area contributed by atoms with Crippen LogP contribution in [0.1, 0.15) is 11.1 Å². The molecule has 0 amide bonds. The summed E-state index contributed by atoms with van der Waals surface area (Å²) in [6, 6.07) is 17.2. The van der Waals surface area contributed by atoms with Gasteiger partial charge in [0, 0.05) is 21.9 Å². The first-order chi connectivity index (χ1) is 11.9. The number of rotatable bonds is 2. The highest BCUT2D eigenvalue weighted by Crippen LogP contribution is 2.31. The van der Waals surface area contributed by atoms with Crippen molar-refractivity contribution < 1.29 is 13.0 Å². The van der Waals surface area contributed by atoms with Gasteiger partial charge in [0.15, 0.2) is 0 Å². The molecule has 25 heavy (non-hydrogen) atoms. The molecule has 0 saturated carbocycles. The SMILES string of the molecule is N=C1N/C(=N\c2cccc3c(S(=O)(=O)O)cccc23)c2ccccc21. The van der Waals surface area contributed by atoms with Crippen molar-refractivity contribution in [3.63, 3.8) is 0 Å². The lowest BCUT2D eigenvalue weighted by Gasteiger charge is -2.07. The number of nitrogens with zero attached hydrogens (tertiary/aromatic N) is 1. The zero-order valence-electron chi connectivity index (χ0n) is 12.9. The van der Waals surface area contributed by atoms with Crippen molar-refractivity contribution in [3.05, 3.63) is 71.8 Å². The topological polar surface area (TPSA) is 103 Å². The minimum Gasteiger partial charge on any atom is -0.324 e. The normalized spacial score (nSPS) is 15.4. The van der Waals surface area contributed by atoms with E-state index in [1.165, 1.54) is 6.07 Å². The Hall–Kier alpha value is -3.03. The molecule has 0 atom stereocenters. The summed E-state index contributed by atoms with van der Waals surface area (Å²) in [5, 5.41) is 11.9. The second-order valence-corrected chi connectivity index (χ2v) is 7.00. The van der Waals surface area contributed by atoms with Crippen LogP contribution < -0.4 is 5.32 Å². The van der Waals surface area contributed by atoms with Gasteiger partial charge in [-0.25, -0.2) is 4.99 Å². The molecule has 1 aliphatic rings. The Balaban J connectivity index is 1.94. The van der Waals surface area contributed by atoms with Gasteiger partial charge in [-0.15, -0.1) is 0 Å². The van der Waals surface area contributed by atoms with E-state index in [1.807, 2.05) is 24.3 Å². The van der Waals surface area contributed by atoms with Crippen molar-refractivity contribution in [1.82, 2.24) is 5.32 Å². The maximum Gasteiger partial charge on any atom is 0.295 e. The molecule has 0 fully saturated rings. The summed E-state index contributed by atoms with van der Waals surface area (Å²) in [5.74, 6) is 0.804. The summed E-state index contributed by atoms with van der Waals surface area (Å²) < 4.78 is 32.6. The molecule has 1 heterocycles. The van der Waals surface area contributed by atoms with Crippen LogP contribution in [0.4, 0.5) is 5.69 Å². The van der Waals surface area contributed by atoms with E-state index in [9.17, 15) is 13.0 Å². The van der Waals surface area contributed by atoms with E-state index in [0.717, 1.165) is 11.1 Å². The van der Waals surface area contributed by atoms with E-state index in [-0.39, 0.29) is 10.7 Å². The average Bonchev–Trinajstić information content (AvgIpc) is 2.90. The predicted molar refractivity (Wildman–Crippen MR) is 96.4 cm³/mol. The molecule has 6 nitrogen and oxygen atoms in total. The third-order valence-electron chi connectivity index (χ3n) is 4.06. The fraction of sp³-hybridized carbons (Fsp3) is 0. The van der Waals surface area contributed by atoms with E-state index in [0.29, 0.717) is 22.3 Å². The van der Waals surface area contributed by atoms with E-state index in [2.05, 4.69) is 10.3 Å². The fourth-order valence-corrected chi connectivity index (χ4v) is 3.66. The van der Waals surface area contributed by atoms with Gasteiger partial charge in [0.2, 0.25) is 0 Å². The zero-order chi connectivity index (χ0) is 17.6. The quantitative estimate of drug-likeness (QED) is 0.617. The largest absolute Gasteiger partial charge is 0.324 e. The van der Waals surface area contributed by atoms with Crippen molar-refractivity contribution in [1.29, 1.82) is 5.41 Å². The Morgan fingerprint density at radius 2 is 1.56 bits per heavy atom. The summed E-state index contributed by atoms with van der Waals surface area (Å²) in [7, 11) is -4.33. The van der Waals surface area contributed by atoms with Gasteiger partial charge in [-0.1, -0.05) is 48.5 Å². The molecule has 3 aromatic carbocycles. The Kier molecular flexibility index (Phi) is 3.41. The smallest absolute Gasteiger partial charge is 0.295 e. The molecule has 0 radical (unpaired) electrons. The summed E-state index contributed by atoms with van der Waals surface area (Å²) >= 11 is 0. The van der Waals surface area contributed by atoms with Crippen molar-refractivity contribution in [2.24, 2.45) is 4.99 Å². The first-order valence-corrected chi connectivity index (χ1v) is 8.92. The Morgan fingerprint density at radius 1 is 0.880 bits per heavy atom. The highest BCUT2D eigenvalue weighted by Gasteiger charge is 2.22. The molecule has 4 rings (SSSR count). The number of amidine groups is 2. The number of hydrogen-bond acceptors (Lipinski definition) is 4. The molecule has 0 spiro atoms. The first kappa shape index (κ1) is 15.5. The van der Waals surface area contributed by atoms with Crippen LogP contribution in [0.5, 0.6) is 0 Å². The van der Waals surface area contributed by atoms with Gasteiger partial charge in [-0.05, 0) is 12.1 Å². The van der Waals surface area contributed by atoms with Crippen molar-refractivity contribution in [2.75, 3.05) is 0 Å². The molecule has 0 aromatic heterocycles. The number of nitrogens with one attached hydrogen (secondary N) is 2.